The van der Waals surface area contributed by atoms with E-state index in [1.807, 2.05) is 6.92 Å². The zero-order chi connectivity index (χ0) is 14.0. The van der Waals surface area contributed by atoms with Crippen LogP contribution in [0.1, 0.15) is 17.4 Å². The van der Waals surface area contributed by atoms with Gasteiger partial charge in [-0.15, -0.1) is 0 Å². The summed E-state index contributed by atoms with van der Waals surface area (Å²) in [6.45, 7) is 2.36. The number of hydrogen-bond donors (Lipinski definition) is 1. The number of benzene rings is 1. The first-order valence-electron chi connectivity index (χ1n) is 6.02. The third-order valence-corrected chi connectivity index (χ3v) is 2.94. The average Bonchev–Trinajstić information content (AvgIpc) is 2.71. The van der Waals surface area contributed by atoms with Crippen molar-refractivity contribution < 1.29 is 9.18 Å². The number of nitrogen functional groups attached to an aromatic ring is 1. The average molecular weight is 261 g/mol. The van der Waals surface area contributed by atoms with Gasteiger partial charge in [0.2, 0.25) is 0 Å². The molecule has 1 aromatic heterocycles. The van der Waals surface area contributed by atoms with Crippen molar-refractivity contribution in [3.05, 3.63) is 48.0 Å². The minimum absolute atomic E-state index is 0.159. The Morgan fingerprint density at radius 2 is 2.00 bits per heavy atom. The highest BCUT2D eigenvalue weighted by Gasteiger charge is 2.19. The lowest BCUT2D eigenvalue weighted by Gasteiger charge is -2.21. The highest BCUT2D eigenvalue weighted by molar-refractivity contribution is 6.05. The molecule has 0 saturated carbocycles. The normalized spacial score (nSPS) is 10.5. The smallest absolute Gasteiger partial charge is 0.274 e. The minimum Gasteiger partial charge on any atom is -0.397 e. The van der Waals surface area contributed by atoms with Crippen LogP contribution >= 0.6 is 0 Å². The monoisotopic (exact) mass is 261 g/mol. The number of amides is 1. The van der Waals surface area contributed by atoms with Crippen LogP contribution in [-0.2, 0) is 7.05 Å². The summed E-state index contributed by atoms with van der Waals surface area (Å²) in [5.74, 6) is -0.483. The summed E-state index contributed by atoms with van der Waals surface area (Å²) in [4.78, 5) is 14.0. The van der Waals surface area contributed by atoms with Gasteiger partial charge in [-0.1, -0.05) is 0 Å². The molecule has 0 saturated heterocycles. The third kappa shape index (κ3) is 2.59. The fraction of sp³-hybridized carbons (Fsp3) is 0.214. The SMILES string of the molecule is CCN(C(=O)c1cc(N)cn1C)c1ccc(F)cc1. The molecule has 2 rings (SSSR count). The molecule has 0 spiro atoms. The molecular weight excluding hydrogens is 245 g/mol. The topological polar surface area (TPSA) is 51.3 Å². The van der Waals surface area contributed by atoms with Crippen LogP contribution in [-0.4, -0.2) is 17.0 Å². The van der Waals surface area contributed by atoms with Gasteiger partial charge in [0.05, 0.1) is 5.69 Å². The van der Waals surface area contributed by atoms with Crippen molar-refractivity contribution in [1.82, 2.24) is 4.57 Å². The molecule has 4 nitrogen and oxygen atoms in total. The molecule has 0 atom stereocenters. The molecule has 5 heteroatoms. The molecule has 1 aromatic carbocycles. The van der Waals surface area contributed by atoms with Gasteiger partial charge in [0.15, 0.2) is 0 Å². The van der Waals surface area contributed by atoms with Crippen LogP contribution < -0.4 is 10.6 Å². The van der Waals surface area contributed by atoms with E-state index in [1.165, 1.54) is 12.1 Å². The molecule has 0 radical (unpaired) electrons. The number of halogens is 1. The maximum Gasteiger partial charge on any atom is 0.274 e. The van der Waals surface area contributed by atoms with Gasteiger partial charge in [-0.3, -0.25) is 4.79 Å². The van der Waals surface area contributed by atoms with Crippen LogP contribution in [0.15, 0.2) is 36.5 Å². The fourth-order valence-electron chi connectivity index (χ4n) is 2.01. The van der Waals surface area contributed by atoms with Gasteiger partial charge in [-0.2, -0.15) is 0 Å². The van der Waals surface area contributed by atoms with E-state index in [0.29, 0.717) is 23.6 Å². The van der Waals surface area contributed by atoms with Crippen LogP contribution in [0.2, 0.25) is 0 Å². The number of rotatable bonds is 3. The lowest BCUT2D eigenvalue weighted by Crippen LogP contribution is -2.31. The number of aryl methyl sites for hydroxylation is 1. The van der Waals surface area contributed by atoms with Crippen LogP contribution in [0.5, 0.6) is 0 Å². The Hall–Kier alpha value is -2.30. The Labute approximate surface area is 111 Å². The Morgan fingerprint density at radius 1 is 1.37 bits per heavy atom. The maximum atomic E-state index is 12.9. The molecule has 0 aliphatic rings. The van der Waals surface area contributed by atoms with E-state index in [1.54, 1.807) is 40.9 Å². The van der Waals surface area contributed by atoms with Gasteiger partial charge in [0.25, 0.3) is 5.91 Å². The number of carbonyl (C=O) groups excluding carboxylic acids is 1. The quantitative estimate of drug-likeness (QED) is 0.922. The number of nitrogens with zero attached hydrogens (tertiary/aromatic N) is 2. The molecule has 2 N–H and O–H groups in total. The zero-order valence-corrected chi connectivity index (χ0v) is 10.9. The highest BCUT2D eigenvalue weighted by atomic mass is 19.1. The molecule has 1 amide bonds. The van der Waals surface area contributed by atoms with Crippen LogP contribution in [0.4, 0.5) is 15.8 Å². The van der Waals surface area contributed by atoms with Crippen molar-refractivity contribution in [2.75, 3.05) is 17.2 Å². The van der Waals surface area contributed by atoms with Crippen LogP contribution in [0.3, 0.4) is 0 Å². The molecule has 0 aliphatic carbocycles. The van der Waals surface area contributed by atoms with Gasteiger partial charge >= 0.3 is 0 Å². The molecule has 0 fully saturated rings. The van der Waals surface area contributed by atoms with E-state index in [2.05, 4.69) is 0 Å². The third-order valence-electron chi connectivity index (χ3n) is 2.94. The van der Waals surface area contributed by atoms with E-state index in [0.717, 1.165) is 0 Å². The van der Waals surface area contributed by atoms with Gasteiger partial charge in [-0.25, -0.2) is 4.39 Å². The lowest BCUT2D eigenvalue weighted by molar-refractivity contribution is 0.0980. The molecular formula is C14H16FN3O. The number of hydrogen-bond acceptors (Lipinski definition) is 2. The van der Waals surface area contributed by atoms with Crippen LogP contribution in [0, 0.1) is 5.82 Å². The predicted octanol–water partition coefficient (Wildman–Crippen LogP) is 2.41. The number of aromatic nitrogens is 1. The second-order valence-electron chi connectivity index (χ2n) is 4.30. The van der Waals surface area contributed by atoms with Crippen molar-refractivity contribution in [3.63, 3.8) is 0 Å². The molecule has 0 unspecified atom stereocenters. The first kappa shape index (κ1) is 13.1. The second kappa shape index (κ2) is 5.14. The van der Waals surface area contributed by atoms with Crippen molar-refractivity contribution in [1.29, 1.82) is 0 Å². The summed E-state index contributed by atoms with van der Waals surface area (Å²) < 4.78 is 14.6. The molecule has 0 bridgehead atoms. The Balaban J connectivity index is 2.34. The van der Waals surface area contributed by atoms with E-state index in [-0.39, 0.29) is 11.7 Å². The zero-order valence-electron chi connectivity index (χ0n) is 10.9. The van der Waals surface area contributed by atoms with E-state index in [9.17, 15) is 9.18 Å². The van der Waals surface area contributed by atoms with Gasteiger partial charge in [0, 0.05) is 25.5 Å². The molecule has 1 heterocycles. The van der Waals surface area contributed by atoms with Gasteiger partial charge in [0.1, 0.15) is 11.5 Å². The minimum atomic E-state index is -0.324. The largest absolute Gasteiger partial charge is 0.397 e. The van der Waals surface area contributed by atoms with Crippen molar-refractivity contribution in [2.24, 2.45) is 7.05 Å². The number of anilines is 2. The number of carbonyl (C=O) groups is 1. The Bertz CT molecular complexity index is 589. The molecule has 0 aliphatic heterocycles. The summed E-state index contributed by atoms with van der Waals surface area (Å²) in [5.41, 5.74) is 7.38. The summed E-state index contributed by atoms with van der Waals surface area (Å²) in [6, 6.07) is 7.48. The first-order valence-corrected chi connectivity index (χ1v) is 6.02. The van der Waals surface area contributed by atoms with E-state index in [4.69, 9.17) is 5.73 Å². The molecule has 2 aromatic rings. The second-order valence-corrected chi connectivity index (χ2v) is 4.30. The predicted molar refractivity (Wildman–Crippen MR) is 73.6 cm³/mol. The van der Waals surface area contributed by atoms with Gasteiger partial charge in [-0.05, 0) is 37.3 Å². The molecule has 19 heavy (non-hydrogen) atoms. The summed E-state index contributed by atoms with van der Waals surface area (Å²) in [6.07, 6.45) is 1.69. The van der Waals surface area contributed by atoms with Crippen LogP contribution in [0.25, 0.3) is 0 Å². The summed E-state index contributed by atoms with van der Waals surface area (Å²) in [5, 5.41) is 0. The summed E-state index contributed by atoms with van der Waals surface area (Å²) in [7, 11) is 1.77. The lowest BCUT2D eigenvalue weighted by atomic mass is 10.2. The summed E-state index contributed by atoms with van der Waals surface area (Å²) >= 11 is 0. The molecule has 100 valence electrons. The standard InChI is InChI=1S/C14H16FN3O/c1-3-18(12-6-4-10(15)5-7-12)14(19)13-8-11(16)9-17(13)2/h4-9H,3,16H2,1-2H3. The van der Waals surface area contributed by atoms with E-state index >= 15 is 0 Å². The highest BCUT2D eigenvalue weighted by Crippen LogP contribution is 2.19. The van der Waals surface area contributed by atoms with Crippen molar-refractivity contribution >= 4 is 17.3 Å². The Morgan fingerprint density at radius 3 is 2.47 bits per heavy atom. The van der Waals surface area contributed by atoms with Crippen molar-refractivity contribution in [2.45, 2.75) is 6.92 Å². The number of nitrogens with two attached hydrogens (primary N) is 1. The Kier molecular flexibility index (Phi) is 3.55. The van der Waals surface area contributed by atoms with Crippen molar-refractivity contribution in [3.8, 4) is 0 Å². The fourth-order valence-corrected chi connectivity index (χ4v) is 2.01. The maximum absolute atomic E-state index is 12.9. The van der Waals surface area contributed by atoms with Gasteiger partial charge < -0.3 is 15.2 Å². The first-order chi connectivity index (χ1) is 9.02. The van der Waals surface area contributed by atoms with E-state index < -0.39 is 0 Å².